The minimum Gasteiger partial charge on any atom is -0.396 e. The lowest BCUT2D eigenvalue weighted by atomic mass is 10.1. The van der Waals surface area contributed by atoms with Crippen LogP contribution in [0.4, 0.5) is 0 Å². The minimum absolute atomic E-state index is 0.0860. The summed E-state index contributed by atoms with van der Waals surface area (Å²) in [5.41, 5.74) is 1.90. The van der Waals surface area contributed by atoms with Crippen molar-refractivity contribution in [2.45, 2.75) is 32.9 Å². The molecule has 8 nitrogen and oxygen atoms in total. The van der Waals surface area contributed by atoms with Crippen LogP contribution < -0.4 is 11.2 Å². The maximum absolute atomic E-state index is 13.1. The van der Waals surface area contributed by atoms with E-state index in [2.05, 4.69) is 23.4 Å². The Kier molecular flexibility index (Phi) is 4.43. The molecule has 0 saturated heterocycles. The first kappa shape index (κ1) is 18.2. The molecule has 0 amide bonds. The zero-order valence-corrected chi connectivity index (χ0v) is 16.2. The molecule has 4 aromatic rings. The second-order valence-electron chi connectivity index (χ2n) is 7.17. The summed E-state index contributed by atoms with van der Waals surface area (Å²) >= 11 is 0. The number of aliphatic hydroxyl groups is 1. The van der Waals surface area contributed by atoms with E-state index in [9.17, 15) is 9.59 Å². The molecule has 28 heavy (non-hydrogen) atoms. The Morgan fingerprint density at radius 2 is 1.86 bits per heavy atom. The molecule has 0 spiro atoms. The second kappa shape index (κ2) is 6.79. The molecule has 1 N–H and O–H groups in total. The van der Waals surface area contributed by atoms with Crippen molar-refractivity contribution in [3.63, 3.8) is 0 Å². The molecule has 0 bridgehead atoms. The van der Waals surface area contributed by atoms with Crippen LogP contribution in [-0.4, -0.2) is 34.8 Å². The van der Waals surface area contributed by atoms with Gasteiger partial charge in [0.15, 0.2) is 11.2 Å². The fourth-order valence-corrected chi connectivity index (χ4v) is 3.67. The first-order valence-corrected chi connectivity index (χ1v) is 9.34. The predicted molar refractivity (Wildman–Crippen MR) is 108 cm³/mol. The van der Waals surface area contributed by atoms with Crippen LogP contribution in [0.5, 0.6) is 0 Å². The maximum Gasteiger partial charge on any atom is 0.332 e. The van der Waals surface area contributed by atoms with Crippen molar-refractivity contribution < 1.29 is 5.11 Å². The summed E-state index contributed by atoms with van der Waals surface area (Å²) in [6.07, 6.45) is 2.24. The molecule has 8 heteroatoms. The Balaban J connectivity index is 2.11. The van der Waals surface area contributed by atoms with Crippen molar-refractivity contribution >= 4 is 16.9 Å². The van der Waals surface area contributed by atoms with E-state index in [1.807, 2.05) is 36.5 Å². The van der Waals surface area contributed by atoms with E-state index < -0.39 is 5.69 Å². The summed E-state index contributed by atoms with van der Waals surface area (Å²) < 4.78 is 6.40. The van der Waals surface area contributed by atoms with Crippen molar-refractivity contribution in [3.8, 4) is 11.3 Å². The highest BCUT2D eigenvalue weighted by molar-refractivity contribution is 5.78. The van der Waals surface area contributed by atoms with Gasteiger partial charge in [0.1, 0.15) is 0 Å². The van der Waals surface area contributed by atoms with Crippen LogP contribution in [0.3, 0.4) is 0 Å². The molecule has 0 atom stereocenters. The molecule has 3 aromatic heterocycles. The van der Waals surface area contributed by atoms with E-state index in [0.29, 0.717) is 23.4 Å². The lowest BCUT2D eigenvalue weighted by Crippen LogP contribution is -2.39. The molecule has 0 saturated carbocycles. The van der Waals surface area contributed by atoms with Gasteiger partial charge in [0.05, 0.1) is 5.69 Å². The van der Waals surface area contributed by atoms with Gasteiger partial charge in [0, 0.05) is 32.4 Å². The number of benzene rings is 1. The normalized spacial score (nSPS) is 11.9. The van der Waals surface area contributed by atoms with E-state index in [-0.39, 0.29) is 24.8 Å². The van der Waals surface area contributed by atoms with Gasteiger partial charge in [-0.1, -0.05) is 30.3 Å². The van der Waals surface area contributed by atoms with Gasteiger partial charge in [-0.3, -0.25) is 18.3 Å². The Hall–Kier alpha value is -3.13. The quantitative estimate of drug-likeness (QED) is 0.571. The first-order chi connectivity index (χ1) is 13.5. The topological polar surface area (TPSA) is 86.5 Å². The molecule has 146 valence electrons. The number of hydrogen-bond donors (Lipinski definition) is 1. The average molecular weight is 381 g/mol. The second-order valence-corrected chi connectivity index (χ2v) is 7.17. The van der Waals surface area contributed by atoms with Gasteiger partial charge in [-0.2, -0.15) is 4.98 Å². The number of rotatable bonds is 5. The Morgan fingerprint density at radius 1 is 1.14 bits per heavy atom. The number of imidazole rings is 2. The van der Waals surface area contributed by atoms with Gasteiger partial charge >= 0.3 is 5.69 Å². The van der Waals surface area contributed by atoms with Crippen LogP contribution >= 0.6 is 0 Å². The number of aromatic nitrogens is 5. The highest BCUT2D eigenvalue weighted by Gasteiger charge is 2.22. The fraction of sp³-hybridized carbons (Fsp3) is 0.350. The van der Waals surface area contributed by atoms with E-state index in [0.717, 1.165) is 11.3 Å². The van der Waals surface area contributed by atoms with Crippen molar-refractivity contribution in [1.29, 1.82) is 0 Å². The fourth-order valence-electron chi connectivity index (χ4n) is 3.67. The third-order valence-corrected chi connectivity index (χ3v) is 5.01. The van der Waals surface area contributed by atoms with E-state index in [1.54, 1.807) is 11.4 Å². The van der Waals surface area contributed by atoms with Gasteiger partial charge in [0.2, 0.25) is 5.78 Å². The van der Waals surface area contributed by atoms with E-state index >= 15 is 0 Å². The summed E-state index contributed by atoms with van der Waals surface area (Å²) in [7, 11) is 1.61. The molecule has 4 rings (SSSR count). The third-order valence-electron chi connectivity index (χ3n) is 5.01. The Bertz CT molecular complexity index is 1270. The van der Waals surface area contributed by atoms with Gasteiger partial charge < -0.3 is 9.67 Å². The van der Waals surface area contributed by atoms with E-state index in [1.165, 1.54) is 9.13 Å². The number of aliphatic hydroxyl groups excluding tert-OH is 1. The highest BCUT2D eigenvalue weighted by Crippen LogP contribution is 2.28. The summed E-state index contributed by atoms with van der Waals surface area (Å²) in [5, 5.41) is 9.11. The predicted octanol–water partition coefficient (Wildman–Crippen LogP) is 1.78. The molecule has 0 aliphatic carbocycles. The van der Waals surface area contributed by atoms with Crippen LogP contribution in [0.25, 0.3) is 28.2 Å². The SMILES string of the molecule is CC(C)n1c(-c2ccccc2)cn2c3c(=O)n(CCCO)c(=O)n(C)c3nc12. The minimum atomic E-state index is -0.425. The number of hydrogen-bond acceptors (Lipinski definition) is 4. The van der Waals surface area contributed by atoms with Crippen LogP contribution in [0.2, 0.25) is 0 Å². The number of fused-ring (bicyclic) bond motifs is 3. The first-order valence-electron chi connectivity index (χ1n) is 9.34. The third kappa shape index (κ3) is 2.60. The van der Waals surface area contributed by atoms with Crippen molar-refractivity contribution in [2.75, 3.05) is 6.61 Å². The molecule has 0 fully saturated rings. The van der Waals surface area contributed by atoms with Gasteiger partial charge in [-0.15, -0.1) is 0 Å². The number of nitrogens with zero attached hydrogens (tertiary/aromatic N) is 5. The van der Waals surface area contributed by atoms with Crippen LogP contribution in [0, 0.1) is 0 Å². The summed E-state index contributed by atoms with van der Waals surface area (Å²) in [6, 6.07) is 10.1. The van der Waals surface area contributed by atoms with E-state index in [4.69, 9.17) is 5.11 Å². The molecule has 0 aliphatic rings. The molecule has 0 aliphatic heterocycles. The molecular weight excluding hydrogens is 358 g/mol. The van der Waals surface area contributed by atoms with Crippen LogP contribution in [0.1, 0.15) is 26.3 Å². The van der Waals surface area contributed by atoms with Gasteiger partial charge in [-0.05, 0) is 25.8 Å². The standard InChI is InChI=1S/C20H23N5O3/c1-13(2)25-15(14-8-5-4-6-9-14)12-24-16-17(21-19(24)25)22(3)20(28)23(18(16)27)10-7-11-26/h4-6,8-9,12-13,26H,7,10-11H2,1-3H3. The molecule has 1 aromatic carbocycles. The van der Waals surface area contributed by atoms with Crippen molar-refractivity contribution in [1.82, 2.24) is 23.1 Å². The highest BCUT2D eigenvalue weighted by atomic mass is 16.3. The van der Waals surface area contributed by atoms with Gasteiger partial charge in [0.25, 0.3) is 5.56 Å². The molecule has 0 unspecified atom stereocenters. The Morgan fingerprint density at radius 3 is 2.50 bits per heavy atom. The smallest absolute Gasteiger partial charge is 0.332 e. The van der Waals surface area contributed by atoms with Crippen molar-refractivity contribution in [2.24, 2.45) is 7.05 Å². The lowest BCUT2D eigenvalue weighted by Gasteiger charge is -2.12. The maximum atomic E-state index is 13.1. The van der Waals surface area contributed by atoms with Crippen LogP contribution in [-0.2, 0) is 13.6 Å². The zero-order valence-electron chi connectivity index (χ0n) is 16.2. The average Bonchev–Trinajstić information content (AvgIpc) is 3.23. The monoisotopic (exact) mass is 381 g/mol. The zero-order chi connectivity index (χ0) is 20.0. The number of aryl methyl sites for hydroxylation is 1. The van der Waals surface area contributed by atoms with Crippen molar-refractivity contribution in [3.05, 3.63) is 57.4 Å². The summed E-state index contributed by atoms with van der Waals surface area (Å²) in [6.45, 7) is 4.20. The largest absolute Gasteiger partial charge is 0.396 e. The van der Waals surface area contributed by atoms with Crippen LogP contribution in [0.15, 0.2) is 46.1 Å². The summed E-state index contributed by atoms with van der Waals surface area (Å²) in [5.74, 6) is 0.621. The van der Waals surface area contributed by atoms with Gasteiger partial charge in [-0.25, -0.2) is 4.79 Å². The molecular formula is C20H23N5O3. The molecule has 3 heterocycles. The Labute approximate surface area is 160 Å². The lowest BCUT2D eigenvalue weighted by molar-refractivity contribution is 0.277. The molecule has 0 radical (unpaired) electrons. The summed E-state index contributed by atoms with van der Waals surface area (Å²) in [4.78, 5) is 30.4.